The number of fused-ring (bicyclic) bond motifs is 1. The van der Waals surface area contributed by atoms with E-state index < -0.39 is 5.82 Å². The van der Waals surface area contributed by atoms with Gasteiger partial charge in [-0.25, -0.2) is 19.3 Å². The van der Waals surface area contributed by atoms with E-state index in [1.807, 2.05) is 37.1 Å². The molecule has 0 atom stereocenters. The zero-order chi connectivity index (χ0) is 26.8. The molecule has 0 aliphatic carbocycles. The Morgan fingerprint density at radius 3 is 2.42 bits per heavy atom. The molecule has 2 aliphatic heterocycles. The third-order valence-corrected chi connectivity index (χ3v) is 7.47. The summed E-state index contributed by atoms with van der Waals surface area (Å²) in [4.78, 5) is 32.7. The van der Waals surface area contributed by atoms with Gasteiger partial charge in [-0.2, -0.15) is 0 Å². The number of carbonyl (C=O) groups is 1. The van der Waals surface area contributed by atoms with Crippen LogP contribution in [-0.4, -0.2) is 80.4 Å². The Hall–Kier alpha value is -3.43. The fourth-order valence-electron chi connectivity index (χ4n) is 5.18. The van der Waals surface area contributed by atoms with Gasteiger partial charge in [-0.15, -0.1) is 0 Å². The molecule has 1 N–H and O–H groups in total. The van der Waals surface area contributed by atoms with Gasteiger partial charge in [-0.3, -0.25) is 14.6 Å². The summed E-state index contributed by atoms with van der Waals surface area (Å²) in [7, 11) is 0. The number of aromatic nitrogens is 3. The van der Waals surface area contributed by atoms with Crippen LogP contribution in [-0.2, 0) is 13.0 Å². The molecule has 9 heteroatoms. The first-order valence-electron chi connectivity index (χ1n) is 13.4. The molecule has 0 saturated carbocycles. The van der Waals surface area contributed by atoms with Crippen molar-refractivity contribution in [3.05, 3.63) is 65.2 Å². The second-order valence-electron chi connectivity index (χ2n) is 10.7. The van der Waals surface area contributed by atoms with E-state index in [1.54, 1.807) is 12.1 Å². The number of hydrogen-bond acceptors (Lipinski definition) is 7. The van der Waals surface area contributed by atoms with E-state index in [0.717, 1.165) is 50.3 Å². The molecule has 1 fully saturated rings. The van der Waals surface area contributed by atoms with Gasteiger partial charge in [0.25, 0.3) is 5.91 Å². The zero-order valence-corrected chi connectivity index (χ0v) is 22.6. The minimum Gasteiger partial charge on any atom is -0.336 e. The summed E-state index contributed by atoms with van der Waals surface area (Å²) in [6, 6.07) is 10.1. The first-order valence-corrected chi connectivity index (χ1v) is 13.4. The molecule has 1 aromatic carbocycles. The number of piperazine rings is 1. The number of nitrogens with zero attached hydrogens (tertiary/aromatic N) is 6. The summed E-state index contributed by atoms with van der Waals surface area (Å²) in [6.07, 6.45) is 3.76. The Kier molecular flexibility index (Phi) is 7.67. The lowest BCUT2D eigenvalue weighted by molar-refractivity contribution is 0.0688. The molecule has 0 unspecified atom stereocenters. The summed E-state index contributed by atoms with van der Waals surface area (Å²) in [5.41, 5.74) is 3.56. The highest BCUT2D eigenvalue weighted by atomic mass is 19.1. The molecule has 200 valence electrons. The first-order chi connectivity index (χ1) is 18.3. The van der Waals surface area contributed by atoms with Gasteiger partial charge in [0.1, 0.15) is 11.5 Å². The summed E-state index contributed by atoms with van der Waals surface area (Å²) in [6.45, 7) is 14.3. The molecule has 2 aliphatic rings. The lowest BCUT2D eigenvalue weighted by Gasteiger charge is -2.36. The lowest BCUT2D eigenvalue weighted by atomic mass is 9.95. The largest absolute Gasteiger partial charge is 0.336 e. The van der Waals surface area contributed by atoms with Crippen molar-refractivity contribution < 1.29 is 9.18 Å². The molecule has 0 bridgehead atoms. The molecule has 2 aromatic heterocycles. The minimum absolute atomic E-state index is 0.0191. The SMILES string of the molecule is CC(C)N1CCN(Cc2ccc(Nc3ncc(F)c(-c4ccc5c(c4)CCN(C(C)C)C5=O)n3)nc2)CC1. The van der Waals surface area contributed by atoms with Crippen LogP contribution in [0.1, 0.15) is 49.2 Å². The van der Waals surface area contributed by atoms with Crippen molar-refractivity contribution in [2.24, 2.45) is 0 Å². The number of nitrogens with one attached hydrogen (secondary N) is 1. The van der Waals surface area contributed by atoms with Crippen molar-refractivity contribution in [2.75, 3.05) is 38.0 Å². The molecule has 1 saturated heterocycles. The van der Waals surface area contributed by atoms with E-state index in [1.165, 1.54) is 6.20 Å². The highest BCUT2D eigenvalue weighted by molar-refractivity contribution is 5.97. The van der Waals surface area contributed by atoms with Gasteiger partial charge in [-0.05, 0) is 63.4 Å². The van der Waals surface area contributed by atoms with Crippen molar-refractivity contribution in [3.63, 3.8) is 0 Å². The molecular weight excluding hydrogens is 481 g/mol. The van der Waals surface area contributed by atoms with Gasteiger partial charge in [0.05, 0.1) is 6.20 Å². The number of benzene rings is 1. The van der Waals surface area contributed by atoms with Gasteiger partial charge in [-0.1, -0.05) is 12.1 Å². The lowest BCUT2D eigenvalue weighted by Crippen LogP contribution is -2.48. The van der Waals surface area contributed by atoms with Crippen molar-refractivity contribution >= 4 is 17.7 Å². The molecule has 4 heterocycles. The van der Waals surface area contributed by atoms with Crippen molar-refractivity contribution in [3.8, 4) is 11.3 Å². The Morgan fingerprint density at radius 1 is 0.947 bits per heavy atom. The monoisotopic (exact) mass is 517 g/mol. The number of amides is 1. The smallest absolute Gasteiger partial charge is 0.254 e. The van der Waals surface area contributed by atoms with E-state index in [9.17, 15) is 9.18 Å². The zero-order valence-electron chi connectivity index (χ0n) is 22.6. The highest BCUT2D eigenvalue weighted by Gasteiger charge is 2.26. The van der Waals surface area contributed by atoms with Crippen LogP contribution in [0.25, 0.3) is 11.3 Å². The van der Waals surface area contributed by atoms with Gasteiger partial charge in [0.2, 0.25) is 5.95 Å². The van der Waals surface area contributed by atoms with Crippen LogP contribution >= 0.6 is 0 Å². The summed E-state index contributed by atoms with van der Waals surface area (Å²) in [5.74, 6) is 0.375. The predicted molar refractivity (Wildman–Crippen MR) is 147 cm³/mol. The Morgan fingerprint density at radius 2 is 1.74 bits per heavy atom. The van der Waals surface area contributed by atoms with Crippen LogP contribution in [0.3, 0.4) is 0 Å². The molecule has 8 nitrogen and oxygen atoms in total. The average Bonchev–Trinajstić information content (AvgIpc) is 2.91. The van der Waals surface area contributed by atoms with Crippen molar-refractivity contribution in [1.82, 2.24) is 29.7 Å². The Balaban J connectivity index is 1.26. The molecule has 3 aromatic rings. The fraction of sp³-hybridized carbons (Fsp3) is 0.448. The molecule has 1 amide bonds. The maximum Gasteiger partial charge on any atom is 0.254 e. The molecular formula is C29H36FN7O. The fourth-order valence-corrected chi connectivity index (χ4v) is 5.18. The van der Waals surface area contributed by atoms with Crippen LogP contribution in [0, 0.1) is 5.82 Å². The van der Waals surface area contributed by atoms with E-state index in [2.05, 4.69) is 50.0 Å². The number of rotatable bonds is 7. The maximum atomic E-state index is 14.8. The summed E-state index contributed by atoms with van der Waals surface area (Å²) < 4.78 is 14.8. The number of anilines is 2. The van der Waals surface area contributed by atoms with Crippen LogP contribution in [0.15, 0.2) is 42.7 Å². The first kappa shape index (κ1) is 26.2. The van der Waals surface area contributed by atoms with E-state index in [4.69, 9.17) is 0 Å². The van der Waals surface area contributed by atoms with Crippen molar-refractivity contribution in [1.29, 1.82) is 0 Å². The van der Waals surface area contributed by atoms with Gasteiger partial charge >= 0.3 is 0 Å². The standard InChI is InChI=1S/C29H36FN7O/c1-19(2)36-13-11-35(12-14-36)18-21-5-8-26(31-16-21)33-29-32-17-25(30)27(34-29)23-6-7-24-22(15-23)9-10-37(20(3)4)28(24)38/h5-8,15-17,19-20H,9-14,18H2,1-4H3,(H,31,32,33,34). The summed E-state index contributed by atoms with van der Waals surface area (Å²) in [5, 5.41) is 3.10. The van der Waals surface area contributed by atoms with Gasteiger partial charge in [0, 0.05) is 68.7 Å². The molecule has 0 spiro atoms. The van der Waals surface area contributed by atoms with E-state index >= 15 is 0 Å². The van der Waals surface area contributed by atoms with Gasteiger partial charge in [0.15, 0.2) is 5.82 Å². The predicted octanol–water partition coefficient (Wildman–Crippen LogP) is 4.35. The van der Waals surface area contributed by atoms with E-state index in [-0.39, 0.29) is 23.6 Å². The van der Waals surface area contributed by atoms with Crippen LogP contribution < -0.4 is 5.32 Å². The van der Waals surface area contributed by atoms with E-state index in [0.29, 0.717) is 29.5 Å². The second-order valence-corrected chi connectivity index (χ2v) is 10.7. The maximum absolute atomic E-state index is 14.8. The third-order valence-electron chi connectivity index (χ3n) is 7.47. The summed E-state index contributed by atoms with van der Waals surface area (Å²) >= 11 is 0. The molecule has 0 radical (unpaired) electrons. The Labute approximate surface area is 223 Å². The molecule has 38 heavy (non-hydrogen) atoms. The van der Waals surface area contributed by atoms with Crippen LogP contribution in [0.4, 0.5) is 16.2 Å². The third kappa shape index (κ3) is 5.68. The van der Waals surface area contributed by atoms with Gasteiger partial charge < -0.3 is 10.2 Å². The van der Waals surface area contributed by atoms with Crippen molar-refractivity contribution in [2.45, 2.75) is 52.7 Å². The second kappa shape index (κ2) is 11.1. The highest BCUT2D eigenvalue weighted by Crippen LogP contribution is 2.28. The Bertz CT molecular complexity index is 1290. The number of pyridine rings is 1. The minimum atomic E-state index is -0.512. The normalized spacial score (nSPS) is 16.8. The number of carbonyl (C=O) groups excluding carboxylic acids is 1. The van der Waals surface area contributed by atoms with Crippen LogP contribution in [0.5, 0.6) is 0 Å². The average molecular weight is 518 g/mol. The quantitative estimate of drug-likeness (QED) is 0.499. The topological polar surface area (TPSA) is 77.5 Å². The number of hydrogen-bond donors (Lipinski definition) is 1. The number of halogens is 1. The molecule has 5 rings (SSSR count). The van der Waals surface area contributed by atoms with Crippen LogP contribution in [0.2, 0.25) is 0 Å².